The van der Waals surface area contributed by atoms with Crippen LogP contribution in [0, 0.1) is 5.92 Å². The Labute approximate surface area is 97.2 Å². The molecule has 3 heteroatoms. The van der Waals surface area contributed by atoms with Crippen LogP contribution in [-0.4, -0.2) is 34.8 Å². The number of hydrogen-bond donors (Lipinski definition) is 2. The zero-order valence-electron chi connectivity index (χ0n) is 9.61. The Morgan fingerprint density at radius 2 is 2.20 bits per heavy atom. The first-order chi connectivity index (χ1) is 7.24. The maximum atomic E-state index is 9.58. The Hall–Kier alpha value is 0.270. The van der Waals surface area contributed by atoms with Crippen molar-refractivity contribution >= 4 is 11.8 Å². The summed E-state index contributed by atoms with van der Waals surface area (Å²) in [5.74, 6) is 1.99. The largest absolute Gasteiger partial charge is 0.393 e. The van der Waals surface area contributed by atoms with Gasteiger partial charge in [0.1, 0.15) is 0 Å². The molecule has 2 N–H and O–H groups in total. The minimum absolute atomic E-state index is 0.0255. The third-order valence-electron chi connectivity index (χ3n) is 3.65. The summed E-state index contributed by atoms with van der Waals surface area (Å²) in [4.78, 5) is 0. The van der Waals surface area contributed by atoms with Gasteiger partial charge in [-0.3, -0.25) is 0 Å². The van der Waals surface area contributed by atoms with Gasteiger partial charge in [-0.25, -0.2) is 0 Å². The van der Waals surface area contributed by atoms with Crippen LogP contribution in [0.3, 0.4) is 0 Å². The van der Waals surface area contributed by atoms with Crippen molar-refractivity contribution in [1.29, 1.82) is 0 Å². The molecule has 1 heterocycles. The molecule has 4 unspecified atom stereocenters. The van der Waals surface area contributed by atoms with Crippen molar-refractivity contribution < 1.29 is 5.11 Å². The Kier molecular flexibility index (Phi) is 4.35. The van der Waals surface area contributed by atoms with Gasteiger partial charge in [0.05, 0.1) is 6.10 Å². The lowest BCUT2D eigenvalue weighted by Crippen LogP contribution is -2.36. The first-order valence-electron chi connectivity index (χ1n) is 6.27. The molecule has 1 saturated heterocycles. The Bertz CT molecular complexity index is 200. The Morgan fingerprint density at radius 3 is 2.87 bits per heavy atom. The molecule has 2 fully saturated rings. The second kappa shape index (κ2) is 5.55. The van der Waals surface area contributed by atoms with Gasteiger partial charge in [0.25, 0.3) is 0 Å². The third-order valence-corrected chi connectivity index (χ3v) is 5.01. The minimum Gasteiger partial charge on any atom is -0.393 e. The zero-order valence-corrected chi connectivity index (χ0v) is 10.4. The van der Waals surface area contributed by atoms with Gasteiger partial charge in [-0.15, -0.1) is 0 Å². The summed E-state index contributed by atoms with van der Waals surface area (Å²) < 4.78 is 0. The van der Waals surface area contributed by atoms with Crippen molar-refractivity contribution in [3.05, 3.63) is 0 Å². The van der Waals surface area contributed by atoms with Crippen LogP contribution >= 0.6 is 11.8 Å². The lowest BCUT2D eigenvalue weighted by Gasteiger charge is -2.27. The highest BCUT2D eigenvalue weighted by Gasteiger charge is 2.24. The zero-order chi connectivity index (χ0) is 10.7. The van der Waals surface area contributed by atoms with Gasteiger partial charge in [0.15, 0.2) is 0 Å². The normalized spacial score (nSPS) is 42.0. The number of aliphatic hydroxyl groups is 1. The lowest BCUT2D eigenvalue weighted by molar-refractivity contribution is 0.0998. The molecule has 1 aliphatic carbocycles. The molecule has 2 aliphatic rings. The van der Waals surface area contributed by atoms with Gasteiger partial charge < -0.3 is 10.4 Å². The van der Waals surface area contributed by atoms with Crippen LogP contribution in [0.2, 0.25) is 0 Å². The first kappa shape index (κ1) is 11.7. The Morgan fingerprint density at radius 1 is 1.33 bits per heavy atom. The fourth-order valence-corrected chi connectivity index (χ4v) is 3.92. The molecular weight excluding hydrogens is 206 g/mol. The van der Waals surface area contributed by atoms with E-state index in [1.54, 1.807) is 0 Å². The molecule has 4 atom stereocenters. The van der Waals surface area contributed by atoms with Gasteiger partial charge in [0, 0.05) is 17.0 Å². The minimum atomic E-state index is -0.0255. The maximum absolute atomic E-state index is 9.58. The van der Waals surface area contributed by atoms with Gasteiger partial charge >= 0.3 is 0 Å². The molecular formula is C12H23NOS. The smallest absolute Gasteiger partial charge is 0.0543 e. The molecule has 1 saturated carbocycles. The third kappa shape index (κ3) is 3.65. The van der Waals surface area contributed by atoms with E-state index in [2.05, 4.69) is 24.0 Å². The van der Waals surface area contributed by atoms with Crippen LogP contribution in [0.5, 0.6) is 0 Å². The van der Waals surface area contributed by atoms with Crippen LogP contribution < -0.4 is 5.32 Å². The van der Waals surface area contributed by atoms with Crippen molar-refractivity contribution in [3.8, 4) is 0 Å². The van der Waals surface area contributed by atoms with E-state index < -0.39 is 0 Å². The number of aliphatic hydroxyl groups excluding tert-OH is 1. The van der Waals surface area contributed by atoms with Crippen molar-refractivity contribution in [2.24, 2.45) is 5.92 Å². The monoisotopic (exact) mass is 229 g/mol. The molecule has 15 heavy (non-hydrogen) atoms. The highest BCUT2D eigenvalue weighted by Crippen LogP contribution is 2.27. The van der Waals surface area contributed by atoms with Crippen molar-refractivity contribution in [1.82, 2.24) is 5.32 Å². The quantitative estimate of drug-likeness (QED) is 0.776. The summed E-state index contributed by atoms with van der Waals surface area (Å²) in [6.45, 7) is 3.44. The highest BCUT2D eigenvalue weighted by atomic mass is 32.2. The molecule has 0 spiro atoms. The average Bonchev–Trinajstić information content (AvgIpc) is 2.62. The van der Waals surface area contributed by atoms with E-state index in [9.17, 15) is 5.11 Å². The molecule has 2 rings (SSSR count). The molecule has 0 bridgehead atoms. The summed E-state index contributed by atoms with van der Waals surface area (Å²) >= 11 is 2.08. The summed E-state index contributed by atoms with van der Waals surface area (Å²) in [5.41, 5.74) is 0. The molecule has 88 valence electrons. The van der Waals surface area contributed by atoms with Gasteiger partial charge in [-0.2, -0.15) is 11.8 Å². The van der Waals surface area contributed by atoms with Gasteiger partial charge in [0.2, 0.25) is 0 Å². The van der Waals surface area contributed by atoms with Crippen LogP contribution in [0.25, 0.3) is 0 Å². The number of hydrogen-bond acceptors (Lipinski definition) is 3. The highest BCUT2D eigenvalue weighted by molar-refractivity contribution is 8.00. The topological polar surface area (TPSA) is 32.3 Å². The molecule has 0 radical (unpaired) electrons. The predicted octanol–water partition coefficient (Wildman–Crippen LogP) is 2.02. The Balaban J connectivity index is 1.64. The van der Waals surface area contributed by atoms with E-state index in [1.165, 1.54) is 25.0 Å². The molecule has 0 aromatic rings. The standard InChI is InChI=1S/C12H23NOS/c1-9-5-11(8-15-9)13-7-10-3-2-4-12(14)6-10/h9-14H,2-8H2,1H3. The van der Waals surface area contributed by atoms with E-state index in [-0.39, 0.29) is 6.10 Å². The lowest BCUT2D eigenvalue weighted by atomic mass is 9.87. The van der Waals surface area contributed by atoms with Crippen molar-refractivity contribution in [2.75, 3.05) is 12.3 Å². The van der Waals surface area contributed by atoms with E-state index >= 15 is 0 Å². The van der Waals surface area contributed by atoms with E-state index in [4.69, 9.17) is 0 Å². The number of thioether (sulfide) groups is 1. The SMILES string of the molecule is CC1CC(NCC2CCCC(O)C2)CS1. The van der Waals surface area contributed by atoms with Gasteiger partial charge in [-0.1, -0.05) is 13.3 Å². The summed E-state index contributed by atoms with van der Waals surface area (Å²) in [6, 6.07) is 0.726. The molecule has 0 aromatic heterocycles. The first-order valence-corrected chi connectivity index (χ1v) is 7.32. The summed E-state index contributed by atoms with van der Waals surface area (Å²) in [7, 11) is 0. The summed E-state index contributed by atoms with van der Waals surface area (Å²) in [6.07, 6.45) is 5.85. The number of rotatable bonds is 3. The summed E-state index contributed by atoms with van der Waals surface area (Å²) in [5, 5.41) is 14.1. The van der Waals surface area contributed by atoms with E-state index in [0.717, 1.165) is 36.6 Å². The second-order valence-electron chi connectivity index (χ2n) is 5.17. The van der Waals surface area contributed by atoms with Crippen LogP contribution in [0.4, 0.5) is 0 Å². The van der Waals surface area contributed by atoms with Crippen molar-refractivity contribution in [2.45, 2.75) is 56.4 Å². The number of nitrogens with one attached hydrogen (secondary N) is 1. The molecule has 0 amide bonds. The predicted molar refractivity (Wildman–Crippen MR) is 66.3 cm³/mol. The average molecular weight is 229 g/mol. The fourth-order valence-electron chi connectivity index (χ4n) is 2.74. The maximum Gasteiger partial charge on any atom is 0.0543 e. The van der Waals surface area contributed by atoms with Crippen LogP contribution in [0.15, 0.2) is 0 Å². The molecule has 0 aromatic carbocycles. The van der Waals surface area contributed by atoms with E-state index in [0.29, 0.717) is 0 Å². The molecule has 2 nitrogen and oxygen atoms in total. The van der Waals surface area contributed by atoms with Crippen LogP contribution in [0.1, 0.15) is 39.0 Å². The second-order valence-corrected chi connectivity index (χ2v) is 6.64. The molecule has 1 aliphatic heterocycles. The van der Waals surface area contributed by atoms with Gasteiger partial charge in [-0.05, 0) is 38.1 Å². The van der Waals surface area contributed by atoms with Crippen LogP contribution in [-0.2, 0) is 0 Å². The van der Waals surface area contributed by atoms with E-state index in [1.807, 2.05) is 0 Å². The van der Waals surface area contributed by atoms with Crippen molar-refractivity contribution in [3.63, 3.8) is 0 Å². The fraction of sp³-hybridized carbons (Fsp3) is 1.00.